The lowest BCUT2D eigenvalue weighted by atomic mass is 10.2. The van der Waals surface area contributed by atoms with Crippen molar-refractivity contribution in [3.8, 4) is 0 Å². The van der Waals surface area contributed by atoms with Gasteiger partial charge >= 0.3 is 0 Å². The molecule has 2 N–H and O–H groups in total. The number of rotatable bonds is 2. The minimum Gasteiger partial charge on any atom is -0.328 e. The molecule has 0 aromatic rings. The first-order chi connectivity index (χ1) is 4.02. The summed E-state index contributed by atoms with van der Waals surface area (Å²) in [6, 6.07) is -0.0802. The second-order valence-corrected chi connectivity index (χ2v) is 2.88. The fraction of sp³-hybridized carbons (Fsp3) is 1.00. The fourth-order valence-electron chi connectivity index (χ4n) is 0.974. The second-order valence-electron chi connectivity index (χ2n) is 2.88. The molecule has 9 heavy (non-hydrogen) atoms. The van der Waals surface area contributed by atoms with E-state index >= 15 is 0 Å². The van der Waals surface area contributed by atoms with E-state index in [4.69, 9.17) is 5.73 Å². The van der Waals surface area contributed by atoms with Crippen LogP contribution in [0.3, 0.4) is 0 Å². The van der Waals surface area contributed by atoms with E-state index in [1.54, 1.807) is 6.92 Å². The van der Waals surface area contributed by atoms with E-state index in [9.17, 15) is 8.78 Å². The van der Waals surface area contributed by atoms with Gasteiger partial charge in [-0.25, -0.2) is 8.78 Å². The van der Waals surface area contributed by atoms with Crippen LogP contribution < -0.4 is 5.73 Å². The lowest BCUT2D eigenvalue weighted by Gasteiger charge is -2.01. The number of halogens is 2. The van der Waals surface area contributed by atoms with Crippen LogP contribution in [0.2, 0.25) is 0 Å². The largest absolute Gasteiger partial charge is 0.328 e. The van der Waals surface area contributed by atoms with Gasteiger partial charge in [-0.2, -0.15) is 0 Å². The standard InChI is InChI=1S/C6H11F2N/c1-4(9)2-5-3-6(5,7)8/h4-5H,2-3,9H2,1H3/t4-,5?/m0/s1. The van der Waals surface area contributed by atoms with Crippen molar-refractivity contribution in [3.63, 3.8) is 0 Å². The molecule has 0 radical (unpaired) electrons. The van der Waals surface area contributed by atoms with Gasteiger partial charge in [0.25, 0.3) is 5.92 Å². The van der Waals surface area contributed by atoms with Crippen molar-refractivity contribution in [2.45, 2.75) is 31.7 Å². The minimum atomic E-state index is -2.38. The Morgan fingerprint density at radius 1 is 1.78 bits per heavy atom. The zero-order valence-electron chi connectivity index (χ0n) is 5.40. The van der Waals surface area contributed by atoms with Crippen LogP contribution in [0, 0.1) is 5.92 Å². The van der Waals surface area contributed by atoms with Crippen LogP contribution in [0.1, 0.15) is 19.8 Å². The van der Waals surface area contributed by atoms with Crippen molar-refractivity contribution in [3.05, 3.63) is 0 Å². The predicted molar refractivity (Wildman–Crippen MR) is 31.3 cm³/mol. The molecule has 0 saturated heterocycles. The first-order valence-electron chi connectivity index (χ1n) is 3.16. The van der Waals surface area contributed by atoms with Crippen LogP contribution in [-0.2, 0) is 0 Å². The van der Waals surface area contributed by atoms with Gasteiger partial charge in [0.05, 0.1) is 0 Å². The van der Waals surface area contributed by atoms with Crippen LogP contribution in [0.25, 0.3) is 0 Å². The lowest BCUT2D eigenvalue weighted by molar-refractivity contribution is 0.0958. The molecule has 54 valence electrons. The molecule has 0 aliphatic heterocycles. The van der Waals surface area contributed by atoms with E-state index in [-0.39, 0.29) is 12.5 Å². The van der Waals surface area contributed by atoms with Crippen molar-refractivity contribution < 1.29 is 8.78 Å². The first kappa shape index (κ1) is 6.93. The molecule has 1 nitrogen and oxygen atoms in total. The molecule has 2 atom stereocenters. The van der Waals surface area contributed by atoms with Crippen LogP contribution >= 0.6 is 0 Å². The third-order valence-electron chi connectivity index (χ3n) is 1.61. The van der Waals surface area contributed by atoms with Crippen LogP contribution in [0.15, 0.2) is 0 Å². The monoisotopic (exact) mass is 135 g/mol. The Morgan fingerprint density at radius 2 is 2.22 bits per heavy atom. The smallest absolute Gasteiger partial charge is 0.251 e. The second kappa shape index (κ2) is 1.90. The van der Waals surface area contributed by atoms with E-state index in [0.717, 1.165) is 0 Å². The van der Waals surface area contributed by atoms with Gasteiger partial charge < -0.3 is 5.73 Å². The molecule has 0 amide bonds. The van der Waals surface area contributed by atoms with Crippen molar-refractivity contribution in [2.24, 2.45) is 11.7 Å². The molecule has 0 heterocycles. The van der Waals surface area contributed by atoms with Crippen LogP contribution in [-0.4, -0.2) is 12.0 Å². The molecule has 1 unspecified atom stereocenters. The molecule has 1 saturated carbocycles. The quantitative estimate of drug-likeness (QED) is 0.608. The zero-order valence-corrected chi connectivity index (χ0v) is 5.40. The highest BCUT2D eigenvalue weighted by Gasteiger charge is 2.56. The molecule has 1 aliphatic carbocycles. The normalized spacial score (nSPS) is 34.0. The van der Waals surface area contributed by atoms with Crippen molar-refractivity contribution in [2.75, 3.05) is 0 Å². The summed E-state index contributed by atoms with van der Waals surface area (Å²) in [5, 5.41) is 0. The van der Waals surface area contributed by atoms with Crippen LogP contribution in [0.5, 0.6) is 0 Å². The zero-order chi connectivity index (χ0) is 7.07. The van der Waals surface area contributed by atoms with E-state index in [0.29, 0.717) is 6.42 Å². The van der Waals surface area contributed by atoms with Gasteiger partial charge in [-0.1, -0.05) is 0 Å². The summed E-state index contributed by atoms with van der Waals surface area (Å²) in [4.78, 5) is 0. The molecule has 0 bridgehead atoms. The molecule has 1 rings (SSSR count). The molecule has 1 aliphatic rings. The average molecular weight is 135 g/mol. The average Bonchev–Trinajstić information content (AvgIpc) is 2.10. The molecule has 1 fully saturated rings. The Bertz CT molecular complexity index is 112. The Labute approximate surface area is 53.2 Å². The molecule has 0 aromatic heterocycles. The highest BCUT2D eigenvalue weighted by atomic mass is 19.3. The summed E-state index contributed by atoms with van der Waals surface area (Å²) in [6.45, 7) is 1.76. The Balaban J connectivity index is 2.20. The summed E-state index contributed by atoms with van der Waals surface area (Å²) in [5.74, 6) is -2.80. The van der Waals surface area contributed by atoms with Gasteiger partial charge in [-0.3, -0.25) is 0 Å². The summed E-state index contributed by atoms with van der Waals surface area (Å²) in [5.41, 5.74) is 5.32. The molecular formula is C6H11F2N. The first-order valence-corrected chi connectivity index (χ1v) is 3.16. The summed E-state index contributed by atoms with van der Waals surface area (Å²) in [7, 11) is 0. The van der Waals surface area contributed by atoms with E-state index in [1.165, 1.54) is 0 Å². The molecule has 0 spiro atoms. The predicted octanol–water partition coefficient (Wildman–Crippen LogP) is 1.38. The fourth-order valence-corrected chi connectivity index (χ4v) is 0.974. The number of alkyl halides is 2. The summed E-state index contributed by atoms with van der Waals surface area (Å²) >= 11 is 0. The SMILES string of the molecule is C[C@H](N)CC1CC1(F)F. The molecule has 0 aromatic carbocycles. The summed E-state index contributed by atoms with van der Waals surface area (Å²) < 4.78 is 24.2. The maximum absolute atomic E-state index is 12.1. The summed E-state index contributed by atoms with van der Waals surface area (Å²) in [6.07, 6.45) is 0.515. The van der Waals surface area contributed by atoms with Gasteiger partial charge in [-0.05, 0) is 13.3 Å². The van der Waals surface area contributed by atoms with Crippen molar-refractivity contribution in [1.29, 1.82) is 0 Å². The van der Waals surface area contributed by atoms with Crippen molar-refractivity contribution in [1.82, 2.24) is 0 Å². The van der Waals surface area contributed by atoms with E-state index in [2.05, 4.69) is 0 Å². The van der Waals surface area contributed by atoms with Gasteiger partial charge in [-0.15, -0.1) is 0 Å². The van der Waals surface area contributed by atoms with Gasteiger partial charge in [0.15, 0.2) is 0 Å². The lowest BCUT2D eigenvalue weighted by Crippen LogP contribution is -2.16. The van der Waals surface area contributed by atoms with Crippen LogP contribution in [0.4, 0.5) is 8.78 Å². The van der Waals surface area contributed by atoms with E-state index < -0.39 is 11.8 Å². The number of hydrogen-bond acceptors (Lipinski definition) is 1. The Kier molecular flexibility index (Phi) is 1.47. The third-order valence-corrected chi connectivity index (χ3v) is 1.61. The van der Waals surface area contributed by atoms with Crippen molar-refractivity contribution >= 4 is 0 Å². The Morgan fingerprint density at radius 3 is 2.33 bits per heavy atom. The molecule has 3 heteroatoms. The van der Waals surface area contributed by atoms with Gasteiger partial charge in [0.1, 0.15) is 0 Å². The minimum absolute atomic E-state index is 0.0501. The molecular weight excluding hydrogens is 124 g/mol. The number of hydrogen-bond donors (Lipinski definition) is 1. The van der Waals surface area contributed by atoms with E-state index in [1.807, 2.05) is 0 Å². The third kappa shape index (κ3) is 1.61. The topological polar surface area (TPSA) is 26.0 Å². The Hall–Kier alpha value is -0.180. The highest BCUT2D eigenvalue weighted by Crippen LogP contribution is 2.50. The van der Waals surface area contributed by atoms with Gasteiger partial charge in [0, 0.05) is 18.4 Å². The van der Waals surface area contributed by atoms with Gasteiger partial charge in [0.2, 0.25) is 0 Å². The highest BCUT2D eigenvalue weighted by molar-refractivity contribution is 4.95. The number of nitrogens with two attached hydrogens (primary N) is 1. The maximum atomic E-state index is 12.1. The maximum Gasteiger partial charge on any atom is 0.251 e.